The second-order valence-corrected chi connectivity index (χ2v) is 6.27. The predicted octanol–water partition coefficient (Wildman–Crippen LogP) is 4.42. The summed E-state index contributed by atoms with van der Waals surface area (Å²) in [5, 5.41) is 3.96. The maximum Gasteiger partial charge on any atom is 0.180 e. The molecule has 1 N–H and O–H groups in total. The molecule has 7 heteroatoms. The highest BCUT2D eigenvalue weighted by Gasteiger charge is 2.12. The molecule has 0 fully saturated rings. The van der Waals surface area contributed by atoms with Crippen LogP contribution < -0.4 is 14.8 Å². The number of rotatable bonds is 9. The zero-order valence-electron chi connectivity index (χ0n) is 15.3. The number of halogens is 3. The molecule has 0 amide bonds. The van der Waals surface area contributed by atoms with Gasteiger partial charge in [0.05, 0.1) is 12.1 Å². The van der Waals surface area contributed by atoms with Crippen molar-refractivity contribution in [2.75, 3.05) is 34.3 Å². The fraction of sp³-hybridized carbons (Fsp3) is 0.368. The monoisotopic (exact) mass is 420 g/mol. The summed E-state index contributed by atoms with van der Waals surface area (Å²) in [6.07, 6.45) is 0. The molecule has 0 aliphatic carbocycles. The molecule has 146 valence electrons. The molecule has 0 saturated carbocycles. The van der Waals surface area contributed by atoms with Crippen molar-refractivity contribution in [3.8, 4) is 11.5 Å². The van der Waals surface area contributed by atoms with E-state index in [1.54, 1.807) is 7.11 Å². The van der Waals surface area contributed by atoms with Crippen molar-refractivity contribution >= 4 is 36.4 Å². The van der Waals surface area contributed by atoms with Crippen LogP contribution in [0.25, 0.3) is 0 Å². The third-order valence-electron chi connectivity index (χ3n) is 3.58. The molecule has 0 bridgehead atoms. The van der Waals surface area contributed by atoms with Crippen molar-refractivity contribution in [2.24, 2.45) is 0 Å². The number of methoxy groups -OCH3 is 1. The first kappa shape index (κ1) is 24.8. The number of ether oxygens (including phenoxy) is 2. The molecule has 2 aromatic carbocycles. The fourth-order valence-corrected chi connectivity index (χ4v) is 2.57. The average Bonchev–Trinajstić information content (AvgIpc) is 2.58. The van der Waals surface area contributed by atoms with Crippen molar-refractivity contribution in [1.82, 2.24) is 10.2 Å². The number of nitrogens with one attached hydrogen (secondary N) is 1. The van der Waals surface area contributed by atoms with E-state index in [1.165, 1.54) is 0 Å². The second kappa shape index (κ2) is 13.1. The van der Waals surface area contributed by atoms with Gasteiger partial charge in [0.25, 0.3) is 0 Å². The Labute approximate surface area is 173 Å². The minimum Gasteiger partial charge on any atom is -0.493 e. The van der Waals surface area contributed by atoms with Crippen LogP contribution in [0.4, 0.5) is 0 Å². The van der Waals surface area contributed by atoms with Gasteiger partial charge in [-0.05, 0) is 37.4 Å². The minimum absolute atomic E-state index is 0. The predicted molar refractivity (Wildman–Crippen MR) is 114 cm³/mol. The maximum absolute atomic E-state index is 6.40. The van der Waals surface area contributed by atoms with Crippen LogP contribution in [0.1, 0.15) is 11.1 Å². The molecule has 0 unspecified atom stereocenters. The molecule has 0 aliphatic heterocycles. The van der Waals surface area contributed by atoms with E-state index in [-0.39, 0.29) is 24.8 Å². The summed E-state index contributed by atoms with van der Waals surface area (Å²) in [5.74, 6) is 1.24. The Kier molecular flexibility index (Phi) is 12.5. The molecule has 0 spiro atoms. The van der Waals surface area contributed by atoms with E-state index in [4.69, 9.17) is 21.1 Å². The van der Waals surface area contributed by atoms with Crippen molar-refractivity contribution in [2.45, 2.75) is 13.2 Å². The smallest absolute Gasteiger partial charge is 0.180 e. The number of hydrogen-bond acceptors (Lipinski definition) is 4. The number of likely N-dealkylation sites (N-methyl/N-ethyl adjacent to an activating group) is 1. The third kappa shape index (κ3) is 8.02. The average molecular weight is 422 g/mol. The third-order valence-corrected chi connectivity index (χ3v) is 3.86. The van der Waals surface area contributed by atoms with E-state index in [1.807, 2.05) is 42.5 Å². The Morgan fingerprint density at radius 3 is 2.35 bits per heavy atom. The lowest BCUT2D eigenvalue weighted by Gasteiger charge is -2.15. The van der Waals surface area contributed by atoms with Gasteiger partial charge in [-0.2, -0.15) is 0 Å². The van der Waals surface area contributed by atoms with Crippen LogP contribution in [0.5, 0.6) is 11.5 Å². The SMILES string of the molecule is COc1cc(CNCCN(C)C)cc(Cl)c1OCc1ccccc1.Cl.Cl. The van der Waals surface area contributed by atoms with Gasteiger partial charge in [0.1, 0.15) is 6.61 Å². The van der Waals surface area contributed by atoms with Crippen molar-refractivity contribution in [3.05, 3.63) is 58.6 Å². The molecule has 0 saturated heterocycles. The molecule has 0 aliphatic rings. The van der Waals surface area contributed by atoms with Crippen LogP contribution in [0.15, 0.2) is 42.5 Å². The molecular formula is C19H27Cl3N2O2. The van der Waals surface area contributed by atoms with Crippen LogP contribution in [0.3, 0.4) is 0 Å². The van der Waals surface area contributed by atoms with Gasteiger partial charge in [0, 0.05) is 19.6 Å². The highest BCUT2D eigenvalue weighted by molar-refractivity contribution is 6.32. The van der Waals surface area contributed by atoms with E-state index in [0.29, 0.717) is 23.1 Å². The van der Waals surface area contributed by atoms with Crippen LogP contribution in [-0.4, -0.2) is 39.2 Å². The van der Waals surface area contributed by atoms with Crippen molar-refractivity contribution in [3.63, 3.8) is 0 Å². The van der Waals surface area contributed by atoms with E-state index >= 15 is 0 Å². The van der Waals surface area contributed by atoms with Gasteiger partial charge in [0.15, 0.2) is 11.5 Å². The topological polar surface area (TPSA) is 33.7 Å². The Bertz CT molecular complexity index is 640. The largest absolute Gasteiger partial charge is 0.493 e. The van der Waals surface area contributed by atoms with Gasteiger partial charge < -0.3 is 19.7 Å². The Morgan fingerprint density at radius 1 is 1.04 bits per heavy atom. The molecule has 26 heavy (non-hydrogen) atoms. The van der Waals surface area contributed by atoms with Crippen LogP contribution in [0, 0.1) is 0 Å². The second-order valence-electron chi connectivity index (χ2n) is 5.86. The quantitative estimate of drug-likeness (QED) is 0.608. The van der Waals surface area contributed by atoms with Gasteiger partial charge in [-0.3, -0.25) is 0 Å². The lowest BCUT2D eigenvalue weighted by atomic mass is 10.2. The molecule has 2 aromatic rings. The molecule has 0 heterocycles. The highest BCUT2D eigenvalue weighted by atomic mass is 35.5. The van der Waals surface area contributed by atoms with E-state index in [9.17, 15) is 0 Å². The van der Waals surface area contributed by atoms with Gasteiger partial charge in [-0.1, -0.05) is 41.9 Å². The van der Waals surface area contributed by atoms with Crippen LogP contribution in [0.2, 0.25) is 5.02 Å². The van der Waals surface area contributed by atoms with Crippen molar-refractivity contribution < 1.29 is 9.47 Å². The summed E-state index contributed by atoms with van der Waals surface area (Å²) in [4.78, 5) is 2.14. The van der Waals surface area contributed by atoms with Gasteiger partial charge in [-0.15, -0.1) is 24.8 Å². The Balaban J connectivity index is 0.00000312. The first-order valence-electron chi connectivity index (χ1n) is 7.98. The van der Waals surface area contributed by atoms with Crippen molar-refractivity contribution in [1.29, 1.82) is 0 Å². The van der Waals surface area contributed by atoms with Gasteiger partial charge in [0.2, 0.25) is 0 Å². The standard InChI is InChI=1S/C19H25ClN2O2.2ClH/c1-22(2)10-9-21-13-16-11-17(20)19(18(12-16)23-3)24-14-15-7-5-4-6-8-15;;/h4-8,11-12,21H,9-10,13-14H2,1-3H3;2*1H. The lowest BCUT2D eigenvalue weighted by molar-refractivity contribution is 0.284. The molecule has 0 aromatic heterocycles. The summed E-state index contributed by atoms with van der Waals surface area (Å²) in [6, 6.07) is 13.9. The van der Waals surface area contributed by atoms with Crippen LogP contribution >= 0.6 is 36.4 Å². The first-order chi connectivity index (χ1) is 11.6. The Morgan fingerprint density at radius 2 is 1.73 bits per heavy atom. The van der Waals surface area contributed by atoms with Crippen LogP contribution in [-0.2, 0) is 13.2 Å². The number of benzene rings is 2. The minimum atomic E-state index is 0. The summed E-state index contributed by atoms with van der Waals surface area (Å²) in [5.41, 5.74) is 2.16. The lowest BCUT2D eigenvalue weighted by Crippen LogP contribution is -2.26. The molecule has 2 rings (SSSR count). The van der Waals surface area contributed by atoms with Gasteiger partial charge in [-0.25, -0.2) is 0 Å². The zero-order chi connectivity index (χ0) is 17.4. The highest BCUT2D eigenvalue weighted by Crippen LogP contribution is 2.36. The summed E-state index contributed by atoms with van der Waals surface area (Å²) in [6.45, 7) is 3.10. The van der Waals surface area contributed by atoms with E-state index in [2.05, 4.69) is 24.3 Å². The first-order valence-corrected chi connectivity index (χ1v) is 8.36. The zero-order valence-corrected chi connectivity index (χ0v) is 17.7. The Hall–Kier alpha value is -1.17. The van der Waals surface area contributed by atoms with E-state index < -0.39 is 0 Å². The fourth-order valence-electron chi connectivity index (χ4n) is 2.28. The van der Waals surface area contributed by atoms with E-state index in [0.717, 1.165) is 30.8 Å². The normalized spacial score (nSPS) is 10.0. The molecular weight excluding hydrogens is 395 g/mol. The van der Waals surface area contributed by atoms with Gasteiger partial charge >= 0.3 is 0 Å². The molecule has 0 atom stereocenters. The summed E-state index contributed by atoms with van der Waals surface area (Å²) >= 11 is 6.40. The molecule has 4 nitrogen and oxygen atoms in total. The summed E-state index contributed by atoms with van der Waals surface area (Å²) in [7, 11) is 5.74. The molecule has 0 radical (unpaired) electrons. The maximum atomic E-state index is 6.40. The number of nitrogens with zero attached hydrogens (tertiary/aromatic N) is 1. The summed E-state index contributed by atoms with van der Waals surface area (Å²) < 4.78 is 11.3. The number of hydrogen-bond donors (Lipinski definition) is 1.